The summed E-state index contributed by atoms with van der Waals surface area (Å²) < 4.78 is 5.90. The Morgan fingerprint density at radius 3 is 2.10 bits per heavy atom. The molecule has 0 bridgehead atoms. The Morgan fingerprint density at radius 1 is 1.00 bits per heavy atom. The summed E-state index contributed by atoms with van der Waals surface area (Å²) in [7, 11) is 0. The zero-order valence-electron chi connectivity index (χ0n) is 12.8. The van der Waals surface area contributed by atoms with E-state index in [4.69, 9.17) is 27.9 Å². The number of aryl methyl sites for hydroxylation is 2. The van der Waals surface area contributed by atoms with Gasteiger partial charge in [-0.2, -0.15) is 4.98 Å². The molecule has 112 valence electrons. The molecule has 0 aliphatic rings. The first-order valence-corrected chi connectivity index (χ1v) is 7.53. The molecular formula is C16H18Cl2N2O. The average Bonchev–Trinajstić information content (AvgIpc) is 2.40. The van der Waals surface area contributed by atoms with E-state index in [1.54, 1.807) is 0 Å². The fourth-order valence-electron chi connectivity index (χ4n) is 1.92. The Kier molecular flexibility index (Phi) is 4.74. The molecule has 5 heteroatoms. The van der Waals surface area contributed by atoms with Crippen LogP contribution in [0.25, 0.3) is 0 Å². The van der Waals surface area contributed by atoms with E-state index in [1.165, 1.54) is 0 Å². The topological polar surface area (TPSA) is 35.0 Å². The summed E-state index contributed by atoms with van der Waals surface area (Å²) in [4.78, 5) is 8.74. The van der Waals surface area contributed by atoms with Gasteiger partial charge >= 0.3 is 0 Å². The van der Waals surface area contributed by atoms with Crippen molar-refractivity contribution in [2.24, 2.45) is 0 Å². The lowest BCUT2D eigenvalue weighted by Gasteiger charge is -2.13. The molecule has 1 aromatic heterocycles. The van der Waals surface area contributed by atoms with Crippen LogP contribution in [0.1, 0.15) is 42.3 Å². The molecular weight excluding hydrogens is 307 g/mol. The van der Waals surface area contributed by atoms with Crippen LogP contribution in [0.4, 0.5) is 0 Å². The van der Waals surface area contributed by atoms with Crippen molar-refractivity contribution in [3.05, 3.63) is 44.8 Å². The molecule has 1 heterocycles. The lowest BCUT2D eigenvalue weighted by Crippen LogP contribution is -2.03. The Balaban J connectivity index is 2.44. The molecule has 0 spiro atoms. The summed E-state index contributed by atoms with van der Waals surface area (Å²) in [5.74, 6) is 2.03. The lowest BCUT2D eigenvalue weighted by atomic mass is 10.1. The summed E-state index contributed by atoms with van der Waals surface area (Å²) in [6, 6.07) is 3.78. The van der Waals surface area contributed by atoms with Crippen molar-refractivity contribution >= 4 is 23.2 Å². The highest BCUT2D eigenvalue weighted by Crippen LogP contribution is 2.32. The van der Waals surface area contributed by atoms with Gasteiger partial charge in [-0.25, -0.2) is 4.98 Å². The molecule has 0 aliphatic heterocycles. The van der Waals surface area contributed by atoms with Crippen molar-refractivity contribution in [3.63, 3.8) is 0 Å². The Morgan fingerprint density at radius 2 is 1.57 bits per heavy atom. The zero-order chi connectivity index (χ0) is 15.7. The SMILES string of the molecule is Cc1cc(Oc2nc(C(C)C)nc(Cl)c2C)cc(C)c1Cl. The van der Waals surface area contributed by atoms with E-state index in [-0.39, 0.29) is 5.92 Å². The van der Waals surface area contributed by atoms with Crippen molar-refractivity contribution in [1.82, 2.24) is 9.97 Å². The smallest absolute Gasteiger partial charge is 0.226 e. The Hall–Kier alpha value is -1.32. The van der Waals surface area contributed by atoms with Gasteiger partial charge in [0, 0.05) is 16.5 Å². The molecule has 21 heavy (non-hydrogen) atoms. The van der Waals surface area contributed by atoms with E-state index < -0.39 is 0 Å². The highest BCUT2D eigenvalue weighted by molar-refractivity contribution is 6.32. The van der Waals surface area contributed by atoms with E-state index >= 15 is 0 Å². The van der Waals surface area contributed by atoms with E-state index in [1.807, 2.05) is 46.8 Å². The third-order valence-electron chi connectivity index (χ3n) is 3.20. The Bertz CT molecular complexity index is 661. The minimum Gasteiger partial charge on any atom is -0.439 e. The molecule has 0 aliphatic carbocycles. The number of rotatable bonds is 3. The summed E-state index contributed by atoms with van der Waals surface area (Å²) in [6.07, 6.45) is 0. The van der Waals surface area contributed by atoms with Crippen molar-refractivity contribution in [2.75, 3.05) is 0 Å². The van der Waals surface area contributed by atoms with Gasteiger partial charge in [0.05, 0.1) is 0 Å². The number of hydrogen-bond acceptors (Lipinski definition) is 3. The maximum atomic E-state index is 6.17. The molecule has 0 unspecified atom stereocenters. The fraction of sp³-hybridized carbons (Fsp3) is 0.375. The van der Waals surface area contributed by atoms with E-state index in [9.17, 15) is 0 Å². The highest BCUT2D eigenvalue weighted by Gasteiger charge is 2.14. The highest BCUT2D eigenvalue weighted by atomic mass is 35.5. The molecule has 0 amide bonds. The van der Waals surface area contributed by atoms with Gasteiger partial charge in [0.2, 0.25) is 5.88 Å². The molecule has 0 radical (unpaired) electrons. The molecule has 0 N–H and O–H groups in total. The van der Waals surface area contributed by atoms with Crippen LogP contribution in [-0.4, -0.2) is 9.97 Å². The number of aromatic nitrogens is 2. The maximum Gasteiger partial charge on any atom is 0.226 e. The largest absolute Gasteiger partial charge is 0.439 e. The van der Waals surface area contributed by atoms with E-state index in [2.05, 4.69) is 9.97 Å². The van der Waals surface area contributed by atoms with Crippen LogP contribution >= 0.6 is 23.2 Å². The van der Waals surface area contributed by atoms with Gasteiger partial charge in [-0.05, 0) is 44.0 Å². The summed E-state index contributed by atoms with van der Waals surface area (Å²) in [5, 5.41) is 1.17. The normalized spacial score (nSPS) is 11.0. The van der Waals surface area contributed by atoms with Crippen molar-refractivity contribution in [1.29, 1.82) is 0 Å². The number of ether oxygens (including phenoxy) is 1. The summed E-state index contributed by atoms with van der Waals surface area (Å²) >= 11 is 12.3. The number of hydrogen-bond donors (Lipinski definition) is 0. The van der Waals surface area contributed by atoms with Crippen LogP contribution in [0.5, 0.6) is 11.6 Å². The third kappa shape index (κ3) is 3.47. The van der Waals surface area contributed by atoms with Gasteiger partial charge in [-0.3, -0.25) is 0 Å². The van der Waals surface area contributed by atoms with Gasteiger partial charge < -0.3 is 4.74 Å². The monoisotopic (exact) mass is 324 g/mol. The lowest BCUT2D eigenvalue weighted by molar-refractivity contribution is 0.452. The first kappa shape index (κ1) is 16.1. The van der Waals surface area contributed by atoms with Gasteiger partial charge in [0.25, 0.3) is 0 Å². The molecule has 0 saturated carbocycles. The number of benzene rings is 1. The summed E-state index contributed by atoms with van der Waals surface area (Å²) in [6.45, 7) is 9.77. The molecule has 0 fully saturated rings. The maximum absolute atomic E-state index is 6.17. The zero-order valence-corrected chi connectivity index (χ0v) is 14.3. The summed E-state index contributed by atoms with van der Waals surface area (Å²) in [5.41, 5.74) is 2.66. The molecule has 0 saturated heterocycles. The van der Waals surface area contributed by atoms with Crippen LogP contribution in [-0.2, 0) is 0 Å². The minimum absolute atomic E-state index is 0.180. The second kappa shape index (κ2) is 6.20. The van der Waals surface area contributed by atoms with Gasteiger partial charge in [-0.15, -0.1) is 0 Å². The predicted octanol–water partition coefficient (Wildman–Crippen LogP) is 5.62. The molecule has 2 rings (SSSR count). The van der Waals surface area contributed by atoms with Gasteiger partial charge in [0.15, 0.2) is 0 Å². The number of nitrogens with zero attached hydrogens (tertiary/aromatic N) is 2. The van der Waals surface area contributed by atoms with Gasteiger partial charge in [-0.1, -0.05) is 37.0 Å². The molecule has 3 nitrogen and oxygen atoms in total. The second-order valence-electron chi connectivity index (χ2n) is 5.43. The quantitative estimate of drug-likeness (QED) is 0.687. The van der Waals surface area contributed by atoms with E-state index in [0.29, 0.717) is 22.6 Å². The van der Waals surface area contributed by atoms with Crippen molar-refractivity contribution in [3.8, 4) is 11.6 Å². The molecule has 1 aromatic carbocycles. The van der Waals surface area contributed by atoms with E-state index in [0.717, 1.165) is 21.7 Å². The van der Waals surface area contributed by atoms with Crippen LogP contribution in [0.3, 0.4) is 0 Å². The van der Waals surface area contributed by atoms with Gasteiger partial charge in [0.1, 0.15) is 16.7 Å². The third-order valence-corrected chi connectivity index (χ3v) is 4.16. The van der Waals surface area contributed by atoms with Crippen LogP contribution in [0.2, 0.25) is 10.2 Å². The fourth-order valence-corrected chi connectivity index (χ4v) is 2.20. The standard InChI is InChI=1S/C16H18Cl2N2O/c1-8(2)15-19-14(18)11(5)16(20-15)21-12-6-9(3)13(17)10(4)7-12/h6-8H,1-5H3. The minimum atomic E-state index is 0.180. The second-order valence-corrected chi connectivity index (χ2v) is 6.17. The van der Waals surface area contributed by atoms with Crippen LogP contribution in [0, 0.1) is 20.8 Å². The first-order valence-electron chi connectivity index (χ1n) is 6.78. The van der Waals surface area contributed by atoms with Crippen molar-refractivity contribution in [2.45, 2.75) is 40.5 Å². The first-order chi connectivity index (χ1) is 9.79. The van der Waals surface area contributed by atoms with Crippen molar-refractivity contribution < 1.29 is 4.74 Å². The number of halogens is 2. The molecule has 0 atom stereocenters. The van der Waals surface area contributed by atoms with Crippen LogP contribution < -0.4 is 4.74 Å². The average molecular weight is 325 g/mol. The molecule has 2 aromatic rings. The predicted molar refractivity (Wildman–Crippen MR) is 86.9 cm³/mol. The Labute approximate surface area is 135 Å². The van der Waals surface area contributed by atoms with Crippen LogP contribution in [0.15, 0.2) is 12.1 Å².